The van der Waals surface area contributed by atoms with Gasteiger partial charge < -0.3 is 10.1 Å². The monoisotopic (exact) mass is 287 g/mol. The standard InChI is InChI=1S/C9H10BrN3O3/c1-16-5-2-3-6(10)7(4-5)12-8(14)9(15)13-11/h2-4H,11H2,1H3,(H,12,14)(H,13,15). The molecule has 7 heteroatoms. The molecule has 2 amide bonds. The molecular formula is C9H10BrN3O3. The number of hydrazine groups is 1. The van der Waals surface area contributed by atoms with Crippen LogP contribution in [0.25, 0.3) is 0 Å². The molecule has 16 heavy (non-hydrogen) atoms. The highest BCUT2D eigenvalue weighted by molar-refractivity contribution is 9.10. The van der Waals surface area contributed by atoms with Crippen molar-refractivity contribution < 1.29 is 14.3 Å². The van der Waals surface area contributed by atoms with Crippen molar-refractivity contribution in [1.82, 2.24) is 5.43 Å². The molecule has 6 nitrogen and oxygen atoms in total. The molecule has 1 aromatic rings. The molecule has 0 aliphatic heterocycles. The summed E-state index contributed by atoms with van der Waals surface area (Å²) in [6.07, 6.45) is 0. The van der Waals surface area contributed by atoms with Crippen molar-refractivity contribution in [1.29, 1.82) is 0 Å². The molecule has 0 saturated carbocycles. The first-order valence-electron chi connectivity index (χ1n) is 4.24. The molecule has 0 atom stereocenters. The highest BCUT2D eigenvalue weighted by Crippen LogP contribution is 2.26. The van der Waals surface area contributed by atoms with Crippen LogP contribution >= 0.6 is 15.9 Å². The van der Waals surface area contributed by atoms with Gasteiger partial charge in [0.25, 0.3) is 0 Å². The lowest BCUT2D eigenvalue weighted by molar-refractivity contribution is -0.136. The van der Waals surface area contributed by atoms with Crippen LogP contribution in [0.5, 0.6) is 5.75 Å². The van der Waals surface area contributed by atoms with Crippen molar-refractivity contribution in [3.05, 3.63) is 22.7 Å². The Kier molecular flexibility index (Phi) is 4.27. The number of nitrogens with one attached hydrogen (secondary N) is 2. The van der Waals surface area contributed by atoms with Gasteiger partial charge in [-0.15, -0.1) is 0 Å². The molecular weight excluding hydrogens is 278 g/mol. The smallest absolute Gasteiger partial charge is 0.323 e. The molecule has 4 N–H and O–H groups in total. The fraction of sp³-hybridized carbons (Fsp3) is 0.111. The first-order chi connectivity index (χ1) is 7.58. The number of carbonyl (C=O) groups is 2. The van der Waals surface area contributed by atoms with E-state index >= 15 is 0 Å². The van der Waals surface area contributed by atoms with Crippen molar-refractivity contribution in [2.24, 2.45) is 5.84 Å². The van der Waals surface area contributed by atoms with Crippen LogP contribution < -0.4 is 21.3 Å². The van der Waals surface area contributed by atoms with Gasteiger partial charge in [-0.2, -0.15) is 0 Å². The summed E-state index contributed by atoms with van der Waals surface area (Å²) in [6.45, 7) is 0. The Morgan fingerprint density at radius 3 is 2.62 bits per heavy atom. The SMILES string of the molecule is COc1ccc(Br)c(NC(=O)C(=O)NN)c1. The van der Waals surface area contributed by atoms with Crippen molar-refractivity contribution in [2.75, 3.05) is 12.4 Å². The van der Waals surface area contributed by atoms with E-state index in [1.54, 1.807) is 23.6 Å². The fourth-order valence-corrected chi connectivity index (χ4v) is 1.32. The predicted molar refractivity (Wildman–Crippen MR) is 61.7 cm³/mol. The molecule has 0 aliphatic carbocycles. The van der Waals surface area contributed by atoms with Crippen LogP contribution in [0.15, 0.2) is 22.7 Å². The molecule has 0 bridgehead atoms. The third-order valence-corrected chi connectivity index (χ3v) is 2.45. The zero-order chi connectivity index (χ0) is 12.1. The molecule has 0 saturated heterocycles. The van der Waals surface area contributed by atoms with E-state index in [0.29, 0.717) is 15.9 Å². The minimum absolute atomic E-state index is 0.424. The second kappa shape index (κ2) is 5.47. The topological polar surface area (TPSA) is 93.4 Å². The number of ether oxygens (including phenoxy) is 1. The molecule has 0 aliphatic rings. The number of amides is 2. The van der Waals surface area contributed by atoms with Crippen molar-refractivity contribution in [3.8, 4) is 5.75 Å². The molecule has 1 rings (SSSR count). The maximum absolute atomic E-state index is 11.2. The van der Waals surface area contributed by atoms with Crippen LogP contribution in [0.3, 0.4) is 0 Å². The minimum Gasteiger partial charge on any atom is -0.497 e. The molecule has 0 unspecified atom stereocenters. The van der Waals surface area contributed by atoms with Crippen molar-refractivity contribution in [2.45, 2.75) is 0 Å². The largest absolute Gasteiger partial charge is 0.497 e. The van der Waals surface area contributed by atoms with Gasteiger partial charge in [-0.1, -0.05) is 0 Å². The first kappa shape index (κ1) is 12.5. The summed E-state index contributed by atoms with van der Waals surface area (Å²) in [5, 5.41) is 2.38. The fourth-order valence-electron chi connectivity index (χ4n) is 0.972. The van der Waals surface area contributed by atoms with Gasteiger partial charge in [-0.3, -0.25) is 15.0 Å². The molecule has 0 heterocycles. The van der Waals surface area contributed by atoms with Crippen LogP contribution in [-0.4, -0.2) is 18.9 Å². The lowest BCUT2D eigenvalue weighted by Gasteiger charge is -2.08. The molecule has 0 fully saturated rings. The maximum atomic E-state index is 11.2. The third-order valence-electron chi connectivity index (χ3n) is 1.76. The first-order valence-corrected chi connectivity index (χ1v) is 5.03. The number of hydrogen-bond donors (Lipinski definition) is 3. The number of rotatable bonds is 2. The number of hydrogen-bond acceptors (Lipinski definition) is 4. The minimum atomic E-state index is -0.922. The van der Waals surface area contributed by atoms with E-state index in [9.17, 15) is 9.59 Å². The summed E-state index contributed by atoms with van der Waals surface area (Å²) in [5.74, 6) is 3.61. The Bertz CT molecular complexity index is 422. The number of methoxy groups -OCH3 is 1. The normalized spacial score (nSPS) is 9.44. The summed E-state index contributed by atoms with van der Waals surface area (Å²) in [4.78, 5) is 22.1. The van der Waals surface area contributed by atoms with Gasteiger partial charge >= 0.3 is 11.8 Å². The quantitative estimate of drug-likeness (QED) is 0.317. The lowest BCUT2D eigenvalue weighted by Crippen LogP contribution is -2.39. The number of halogens is 1. The number of benzene rings is 1. The van der Waals surface area contributed by atoms with Crippen LogP contribution in [-0.2, 0) is 9.59 Å². The number of nitrogens with two attached hydrogens (primary N) is 1. The lowest BCUT2D eigenvalue weighted by atomic mass is 10.3. The van der Waals surface area contributed by atoms with Gasteiger partial charge in [0.05, 0.1) is 12.8 Å². The van der Waals surface area contributed by atoms with Gasteiger partial charge in [0, 0.05) is 10.5 Å². The van der Waals surface area contributed by atoms with Gasteiger partial charge in [0.2, 0.25) is 0 Å². The highest BCUT2D eigenvalue weighted by Gasteiger charge is 2.13. The van der Waals surface area contributed by atoms with Crippen LogP contribution in [0.4, 0.5) is 5.69 Å². The van der Waals surface area contributed by atoms with E-state index < -0.39 is 11.8 Å². The Morgan fingerprint density at radius 2 is 2.06 bits per heavy atom. The van der Waals surface area contributed by atoms with E-state index in [4.69, 9.17) is 10.6 Å². The van der Waals surface area contributed by atoms with Gasteiger partial charge in [0.1, 0.15) is 5.75 Å². The predicted octanol–water partition coefficient (Wildman–Crippen LogP) is 0.386. The molecule has 86 valence electrons. The van der Waals surface area contributed by atoms with E-state index in [1.807, 2.05) is 0 Å². The third kappa shape index (κ3) is 2.94. The van der Waals surface area contributed by atoms with Gasteiger partial charge in [-0.25, -0.2) is 5.84 Å². The average molecular weight is 288 g/mol. The Hall–Kier alpha value is -1.60. The van der Waals surface area contributed by atoms with Crippen LogP contribution in [0.2, 0.25) is 0 Å². The maximum Gasteiger partial charge on any atom is 0.323 e. The van der Waals surface area contributed by atoms with E-state index in [0.717, 1.165) is 0 Å². The van der Waals surface area contributed by atoms with E-state index in [1.165, 1.54) is 7.11 Å². The number of carbonyl (C=O) groups excluding carboxylic acids is 2. The second-order valence-corrected chi connectivity index (χ2v) is 3.63. The van der Waals surface area contributed by atoms with E-state index in [2.05, 4.69) is 21.2 Å². The van der Waals surface area contributed by atoms with E-state index in [-0.39, 0.29) is 0 Å². The zero-order valence-corrected chi connectivity index (χ0v) is 10.00. The van der Waals surface area contributed by atoms with Crippen molar-refractivity contribution in [3.63, 3.8) is 0 Å². The molecule has 0 radical (unpaired) electrons. The summed E-state index contributed by atoms with van der Waals surface area (Å²) >= 11 is 3.23. The molecule has 0 aromatic heterocycles. The summed E-state index contributed by atoms with van der Waals surface area (Å²) in [6, 6.07) is 4.98. The Labute approximate surface area is 100 Å². The molecule has 1 aromatic carbocycles. The number of anilines is 1. The average Bonchev–Trinajstić information content (AvgIpc) is 2.30. The summed E-state index contributed by atoms with van der Waals surface area (Å²) in [5.41, 5.74) is 2.16. The van der Waals surface area contributed by atoms with Gasteiger partial charge in [-0.05, 0) is 28.1 Å². The van der Waals surface area contributed by atoms with Gasteiger partial charge in [0.15, 0.2) is 0 Å². The summed E-state index contributed by atoms with van der Waals surface area (Å²) < 4.78 is 5.61. The zero-order valence-electron chi connectivity index (χ0n) is 8.41. The van der Waals surface area contributed by atoms with Crippen molar-refractivity contribution >= 4 is 33.4 Å². The Balaban J connectivity index is 2.88. The second-order valence-electron chi connectivity index (χ2n) is 2.77. The summed E-state index contributed by atoms with van der Waals surface area (Å²) in [7, 11) is 1.50. The van der Waals surface area contributed by atoms with Crippen LogP contribution in [0, 0.1) is 0 Å². The molecule has 0 spiro atoms. The highest BCUT2D eigenvalue weighted by atomic mass is 79.9. The van der Waals surface area contributed by atoms with Crippen LogP contribution in [0.1, 0.15) is 0 Å². The Morgan fingerprint density at radius 1 is 1.38 bits per heavy atom.